The van der Waals surface area contributed by atoms with Crippen molar-refractivity contribution in [2.45, 2.75) is 32.9 Å². The highest BCUT2D eigenvalue weighted by Gasteiger charge is 2.24. The maximum atomic E-state index is 12.0. The van der Waals surface area contributed by atoms with Crippen molar-refractivity contribution in [2.24, 2.45) is 5.92 Å². The van der Waals surface area contributed by atoms with E-state index >= 15 is 0 Å². The van der Waals surface area contributed by atoms with Gasteiger partial charge in [0, 0.05) is 25.2 Å². The number of hydrogen-bond acceptors (Lipinski definition) is 10. The SMILES string of the molecule is CC[C@H](C)[C@H](Nc1nc(NCCOCCOCCNC(=O)c2ccccc2)nc(NCc2ccccc2)n1)C(=O)O. The number of carbonyl (C=O) groups is 2. The number of anilines is 3. The van der Waals surface area contributed by atoms with Crippen molar-refractivity contribution in [3.63, 3.8) is 0 Å². The molecule has 1 aromatic heterocycles. The van der Waals surface area contributed by atoms with E-state index in [4.69, 9.17) is 9.47 Å². The lowest BCUT2D eigenvalue weighted by atomic mass is 10.00. The van der Waals surface area contributed by atoms with Crippen LogP contribution in [-0.4, -0.2) is 77.5 Å². The van der Waals surface area contributed by atoms with E-state index in [1.54, 1.807) is 12.1 Å². The predicted molar refractivity (Wildman–Crippen MR) is 157 cm³/mol. The molecule has 0 radical (unpaired) electrons. The third-order valence-corrected chi connectivity index (χ3v) is 6.16. The quantitative estimate of drug-likeness (QED) is 0.136. The molecule has 0 aliphatic heterocycles. The molecule has 0 saturated heterocycles. The summed E-state index contributed by atoms with van der Waals surface area (Å²) in [7, 11) is 0. The molecule has 3 aromatic rings. The Balaban J connectivity index is 1.43. The molecule has 2 aromatic carbocycles. The molecule has 2 atom stereocenters. The molecule has 12 nitrogen and oxygen atoms in total. The molecular formula is C29H39N7O5. The number of aromatic nitrogens is 3. The molecule has 0 bridgehead atoms. The van der Waals surface area contributed by atoms with Gasteiger partial charge in [-0.25, -0.2) is 4.79 Å². The third kappa shape index (κ3) is 11.4. The number of carboxylic acid groups (broad SMARTS) is 1. The van der Waals surface area contributed by atoms with Crippen LogP contribution >= 0.6 is 0 Å². The number of nitrogens with one attached hydrogen (secondary N) is 4. The van der Waals surface area contributed by atoms with Crippen LogP contribution < -0.4 is 21.3 Å². The first-order valence-electron chi connectivity index (χ1n) is 13.7. The number of amides is 1. The van der Waals surface area contributed by atoms with Gasteiger partial charge in [0.2, 0.25) is 17.8 Å². The van der Waals surface area contributed by atoms with Crippen LogP contribution in [0.15, 0.2) is 60.7 Å². The summed E-state index contributed by atoms with van der Waals surface area (Å²) >= 11 is 0. The Morgan fingerprint density at radius 1 is 0.805 bits per heavy atom. The van der Waals surface area contributed by atoms with Gasteiger partial charge in [-0.1, -0.05) is 68.8 Å². The Hall–Kier alpha value is -4.29. The Kier molecular flexibility index (Phi) is 13.3. The second-order valence-electron chi connectivity index (χ2n) is 9.26. The summed E-state index contributed by atoms with van der Waals surface area (Å²) in [6.07, 6.45) is 0.683. The zero-order valence-electron chi connectivity index (χ0n) is 23.5. The summed E-state index contributed by atoms with van der Waals surface area (Å²) in [5.74, 6) is -0.458. The van der Waals surface area contributed by atoms with E-state index < -0.39 is 12.0 Å². The van der Waals surface area contributed by atoms with Crippen LogP contribution in [0.25, 0.3) is 0 Å². The summed E-state index contributed by atoms with van der Waals surface area (Å²) in [6.45, 7) is 6.66. The van der Waals surface area contributed by atoms with Gasteiger partial charge in [0.1, 0.15) is 6.04 Å². The second-order valence-corrected chi connectivity index (χ2v) is 9.26. The fourth-order valence-corrected chi connectivity index (χ4v) is 3.68. The highest BCUT2D eigenvalue weighted by atomic mass is 16.5. The average Bonchev–Trinajstić information content (AvgIpc) is 3.00. The number of carboxylic acids is 1. The van der Waals surface area contributed by atoms with Crippen LogP contribution in [0.5, 0.6) is 0 Å². The largest absolute Gasteiger partial charge is 0.480 e. The molecule has 1 heterocycles. The Bertz CT molecular complexity index is 1200. The van der Waals surface area contributed by atoms with Crippen molar-refractivity contribution in [3.05, 3.63) is 71.8 Å². The molecular weight excluding hydrogens is 526 g/mol. The van der Waals surface area contributed by atoms with Crippen molar-refractivity contribution in [2.75, 3.05) is 55.5 Å². The van der Waals surface area contributed by atoms with Crippen LogP contribution in [-0.2, 0) is 20.8 Å². The molecule has 0 fully saturated rings. The Morgan fingerprint density at radius 2 is 1.39 bits per heavy atom. The molecule has 0 aliphatic rings. The lowest BCUT2D eigenvalue weighted by Gasteiger charge is -2.20. The second kappa shape index (κ2) is 17.4. The van der Waals surface area contributed by atoms with Crippen LogP contribution in [0.1, 0.15) is 36.2 Å². The zero-order valence-corrected chi connectivity index (χ0v) is 23.5. The number of nitrogens with zero attached hydrogens (tertiary/aromatic N) is 3. The van der Waals surface area contributed by atoms with Crippen LogP contribution in [0.3, 0.4) is 0 Å². The summed E-state index contributed by atoms with van der Waals surface area (Å²) in [5, 5.41) is 21.7. The number of benzene rings is 2. The maximum Gasteiger partial charge on any atom is 0.326 e. The van der Waals surface area contributed by atoms with Gasteiger partial charge < -0.3 is 35.8 Å². The number of aliphatic carboxylic acids is 1. The smallest absolute Gasteiger partial charge is 0.326 e. The van der Waals surface area contributed by atoms with E-state index in [1.807, 2.05) is 62.4 Å². The Morgan fingerprint density at radius 3 is 2.02 bits per heavy atom. The van der Waals surface area contributed by atoms with Crippen molar-refractivity contribution >= 4 is 29.7 Å². The normalized spacial score (nSPS) is 12.2. The molecule has 0 aliphatic carbocycles. The lowest BCUT2D eigenvalue weighted by Crippen LogP contribution is -2.36. The predicted octanol–water partition coefficient (Wildman–Crippen LogP) is 3.27. The van der Waals surface area contributed by atoms with Crippen molar-refractivity contribution in [1.29, 1.82) is 0 Å². The van der Waals surface area contributed by atoms with Gasteiger partial charge >= 0.3 is 5.97 Å². The highest BCUT2D eigenvalue weighted by Crippen LogP contribution is 2.16. The molecule has 1 amide bonds. The molecule has 0 unspecified atom stereocenters. The molecule has 41 heavy (non-hydrogen) atoms. The monoisotopic (exact) mass is 565 g/mol. The van der Waals surface area contributed by atoms with Gasteiger partial charge in [0.25, 0.3) is 5.91 Å². The number of carbonyl (C=O) groups excluding carboxylic acids is 1. The van der Waals surface area contributed by atoms with Crippen molar-refractivity contribution in [1.82, 2.24) is 20.3 Å². The first-order valence-corrected chi connectivity index (χ1v) is 13.7. The minimum absolute atomic E-state index is 0.128. The topological polar surface area (TPSA) is 160 Å². The van der Waals surface area contributed by atoms with Gasteiger partial charge in [-0.3, -0.25) is 4.79 Å². The highest BCUT2D eigenvalue weighted by molar-refractivity contribution is 5.94. The van der Waals surface area contributed by atoms with Crippen LogP contribution in [0, 0.1) is 5.92 Å². The van der Waals surface area contributed by atoms with Crippen molar-refractivity contribution < 1.29 is 24.2 Å². The van der Waals surface area contributed by atoms with E-state index in [0.717, 1.165) is 5.56 Å². The number of hydrogen-bond donors (Lipinski definition) is 5. The summed E-state index contributed by atoms with van der Waals surface area (Å²) in [5.41, 5.74) is 1.66. The summed E-state index contributed by atoms with van der Waals surface area (Å²) in [6, 6.07) is 18.0. The standard InChI is InChI=1S/C29H39N7O5/c1-3-21(2)24(26(38)39)33-29-35-27(34-28(36-29)32-20-22-10-6-4-7-11-22)31-15-17-41-19-18-40-16-14-30-25(37)23-12-8-5-9-13-23/h4-13,21,24H,3,14-20H2,1-2H3,(H,30,37)(H,38,39)(H3,31,32,33,34,35,36)/t21-,24-/m0/s1. The van der Waals surface area contributed by atoms with E-state index in [1.165, 1.54) is 0 Å². The van der Waals surface area contributed by atoms with E-state index in [-0.39, 0.29) is 17.8 Å². The lowest BCUT2D eigenvalue weighted by molar-refractivity contribution is -0.139. The number of ether oxygens (including phenoxy) is 2. The molecule has 0 saturated carbocycles. The van der Waals surface area contributed by atoms with Crippen molar-refractivity contribution in [3.8, 4) is 0 Å². The first-order chi connectivity index (χ1) is 20.0. The molecule has 220 valence electrons. The van der Waals surface area contributed by atoms with Crippen LogP contribution in [0.2, 0.25) is 0 Å². The van der Waals surface area contributed by atoms with Gasteiger partial charge in [-0.2, -0.15) is 15.0 Å². The van der Waals surface area contributed by atoms with Gasteiger partial charge in [-0.15, -0.1) is 0 Å². The maximum absolute atomic E-state index is 12.0. The van der Waals surface area contributed by atoms with E-state index in [0.29, 0.717) is 69.9 Å². The fourth-order valence-electron chi connectivity index (χ4n) is 3.68. The van der Waals surface area contributed by atoms with E-state index in [2.05, 4.69) is 36.2 Å². The Labute approximate surface area is 240 Å². The fraction of sp³-hybridized carbons (Fsp3) is 0.414. The minimum Gasteiger partial charge on any atom is -0.480 e. The summed E-state index contributed by atoms with van der Waals surface area (Å²) < 4.78 is 11.1. The molecule has 0 spiro atoms. The number of rotatable bonds is 19. The van der Waals surface area contributed by atoms with Gasteiger partial charge in [0.15, 0.2) is 0 Å². The van der Waals surface area contributed by atoms with E-state index in [9.17, 15) is 14.7 Å². The molecule has 3 rings (SSSR count). The third-order valence-electron chi connectivity index (χ3n) is 6.16. The van der Waals surface area contributed by atoms with Gasteiger partial charge in [-0.05, 0) is 23.6 Å². The summed E-state index contributed by atoms with van der Waals surface area (Å²) in [4.78, 5) is 37.0. The average molecular weight is 566 g/mol. The zero-order chi connectivity index (χ0) is 29.3. The minimum atomic E-state index is -0.970. The van der Waals surface area contributed by atoms with Gasteiger partial charge in [0.05, 0.1) is 26.4 Å². The molecule has 5 N–H and O–H groups in total. The molecule has 12 heteroatoms. The first kappa shape index (κ1) is 31.2. The van der Waals surface area contributed by atoms with Crippen LogP contribution in [0.4, 0.5) is 17.8 Å².